The maximum absolute atomic E-state index is 12.9. The minimum Gasteiger partial charge on any atom is -0.356 e. The Bertz CT molecular complexity index is 849. The van der Waals surface area contributed by atoms with Gasteiger partial charge in [0.2, 0.25) is 5.78 Å². The average Bonchev–Trinajstić information content (AvgIpc) is 2.63. The van der Waals surface area contributed by atoms with Crippen molar-refractivity contribution in [2.75, 3.05) is 18.0 Å². The van der Waals surface area contributed by atoms with E-state index in [1.54, 1.807) is 0 Å². The van der Waals surface area contributed by atoms with Gasteiger partial charge >= 0.3 is 0 Å². The Morgan fingerprint density at radius 2 is 1.92 bits per heavy atom. The molecule has 1 aliphatic heterocycles. The van der Waals surface area contributed by atoms with E-state index in [4.69, 9.17) is 0 Å². The quantitative estimate of drug-likeness (QED) is 0.474. The number of rotatable bonds is 2. The Labute approximate surface area is 147 Å². The van der Waals surface area contributed by atoms with Crippen molar-refractivity contribution >= 4 is 11.6 Å². The Morgan fingerprint density at radius 1 is 1.20 bits per heavy atom. The molecule has 1 aromatic carbocycles. The predicted octanol–water partition coefficient (Wildman–Crippen LogP) is 3.94. The monoisotopic (exact) mass is 334 g/mol. The summed E-state index contributed by atoms with van der Waals surface area (Å²) in [6.07, 6.45) is 5.48. The molecular formula is C21H19FN2O. The lowest BCUT2D eigenvalue weighted by molar-refractivity contribution is 0.105. The number of benzene rings is 1. The van der Waals surface area contributed by atoms with Gasteiger partial charge in [-0.3, -0.25) is 4.79 Å². The highest BCUT2D eigenvalue weighted by atomic mass is 19.1. The maximum atomic E-state index is 12.9. The van der Waals surface area contributed by atoms with Crippen LogP contribution in [0.4, 0.5) is 10.2 Å². The lowest BCUT2D eigenvalue weighted by atomic mass is 10.0. The molecule has 2 aromatic rings. The van der Waals surface area contributed by atoms with Gasteiger partial charge in [0.05, 0.1) is 0 Å². The molecule has 0 amide bonds. The minimum atomic E-state index is -0.360. The molecule has 0 bridgehead atoms. The summed E-state index contributed by atoms with van der Waals surface area (Å²) in [6, 6.07) is 9.45. The zero-order chi connectivity index (χ0) is 17.6. The van der Waals surface area contributed by atoms with Gasteiger partial charge in [-0.05, 0) is 67.7 Å². The highest BCUT2D eigenvalue weighted by molar-refractivity contribution is 6.09. The molecule has 2 heterocycles. The molecule has 3 rings (SSSR count). The van der Waals surface area contributed by atoms with Gasteiger partial charge in [-0.25, -0.2) is 9.37 Å². The molecule has 0 spiro atoms. The van der Waals surface area contributed by atoms with Crippen molar-refractivity contribution in [3.05, 3.63) is 71.2 Å². The number of nitrogens with zero attached hydrogens (tertiary/aromatic N) is 2. The number of aryl methyl sites for hydroxylation is 1. The average molecular weight is 334 g/mol. The molecule has 126 valence electrons. The number of aromatic nitrogens is 1. The van der Waals surface area contributed by atoms with Crippen LogP contribution in [0, 0.1) is 24.6 Å². The first kappa shape index (κ1) is 16.9. The molecule has 4 heteroatoms. The third-order valence-electron chi connectivity index (χ3n) is 4.26. The second-order valence-corrected chi connectivity index (χ2v) is 6.04. The van der Waals surface area contributed by atoms with E-state index in [0.29, 0.717) is 5.56 Å². The molecule has 0 saturated carbocycles. The Morgan fingerprint density at radius 3 is 2.60 bits per heavy atom. The molecule has 1 aromatic heterocycles. The molecule has 1 fully saturated rings. The summed E-state index contributed by atoms with van der Waals surface area (Å²) < 4.78 is 12.9. The summed E-state index contributed by atoms with van der Waals surface area (Å²) in [5.41, 5.74) is 2.83. The molecule has 1 saturated heterocycles. The van der Waals surface area contributed by atoms with Crippen LogP contribution in [-0.4, -0.2) is 23.9 Å². The normalized spacial score (nSPS) is 13.8. The molecule has 1 aliphatic rings. The molecule has 0 atom stereocenters. The van der Waals surface area contributed by atoms with Crippen molar-refractivity contribution in [3.8, 4) is 11.8 Å². The topological polar surface area (TPSA) is 33.2 Å². The Kier molecular flexibility index (Phi) is 5.25. The number of anilines is 1. The van der Waals surface area contributed by atoms with Crippen molar-refractivity contribution < 1.29 is 9.18 Å². The van der Waals surface area contributed by atoms with Crippen LogP contribution >= 0.6 is 0 Å². The zero-order valence-corrected chi connectivity index (χ0v) is 14.1. The third-order valence-corrected chi connectivity index (χ3v) is 4.26. The highest BCUT2D eigenvalue weighted by Gasteiger charge is 2.16. The predicted molar refractivity (Wildman–Crippen MR) is 97.0 cm³/mol. The Hall–Kier alpha value is -2.93. The lowest BCUT2D eigenvalue weighted by Crippen LogP contribution is -2.31. The summed E-state index contributed by atoms with van der Waals surface area (Å²) in [5, 5.41) is 0. The molecule has 0 aliphatic carbocycles. The first-order valence-electron chi connectivity index (χ1n) is 8.29. The van der Waals surface area contributed by atoms with E-state index in [2.05, 4.69) is 34.7 Å². The fourth-order valence-electron chi connectivity index (χ4n) is 2.84. The second-order valence-electron chi connectivity index (χ2n) is 6.04. The summed E-state index contributed by atoms with van der Waals surface area (Å²) in [6.45, 7) is 3.87. The van der Waals surface area contributed by atoms with Crippen LogP contribution in [0.2, 0.25) is 0 Å². The highest BCUT2D eigenvalue weighted by Crippen LogP contribution is 2.23. The fourth-order valence-corrected chi connectivity index (χ4v) is 2.84. The van der Waals surface area contributed by atoms with Crippen LogP contribution in [0.25, 0.3) is 0 Å². The number of Topliss-reactive ketones (excluding diaryl/α,β-unsaturated/α-hetero) is 1. The molecule has 25 heavy (non-hydrogen) atoms. The van der Waals surface area contributed by atoms with Crippen molar-refractivity contribution in [2.45, 2.75) is 19.8 Å². The number of allylic oxidation sites excluding steroid dienone is 1. The van der Waals surface area contributed by atoms with Crippen LogP contribution in [0.3, 0.4) is 0 Å². The van der Waals surface area contributed by atoms with Crippen molar-refractivity contribution in [2.24, 2.45) is 0 Å². The van der Waals surface area contributed by atoms with Crippen LogP contribution < -0.4 is 4.90 Å². The molecular weight excluding hydrogens is 315 g/mol. The largest absolute Gasteiger partial charge is 0.356 e. The van der Waals surface area contributed by atoms with Crippen molar-refractivity contribution in [3.63, 3.8) is 0 Å². The van der Waals surface area contributed by atoms with Gasteiger partial charge in [0.25, 0.3) is 0 Å². The Balaban J connectivity index is 1.59. The molecule has 3 nitrogen and oxygen atoms in total. The number of pyridine rings is 1. The molecule has 0 N–H and O–H groups in total. The summed E-state index contributed by atoms with van der Waals surface area (Å²) in [4.78, 5) is 18.7. The fraction of sp³-hybridized carbons (Fsp3) is 0.238. The van der Waals surface area contributed by atoms with Crippen LogP contribution in [0.1, 0.15) is 28.8 Å². The SMILES string of the molecule is Cc1cccnc1N1CCC(=CC#CC(=O)c2ccc(F)cc2)CC1. The number of ketones is 1. The number of hydrogen-bond donors (Lipinski definition) is 0. The summed E-state index contributed by atoms with van der Waals surface area (Å²) in [5.74, 6) is 5.84. The first-order valence-corrected chi connectivity index (χ1v) is 8.29. The molecule has 0 unspecified atom stereocenters. The summed E-state index contributed by atoms with van der Waals surface area (Å²) >= 11 is 0. The van der Waals surface area contributed by atoms with Crippen LogP contribution in [0.5, 0.6) is 0 Å². The summed E-state index contributed by atoms with van der Waals surface area (Å²) in [7, 11) is 0. The van der Waals surface area contributed by atoms with E-state index < -0.39 is 0 Å². The first-order chi connectivity index (χ1) is 12.1. The number of halogens is 1. The van der Waals surface area contributed by atoms with E-state index >= 15 is 0 Å². The standard InChI is InChI=1S/C21H19FN2O/c1-16-4-3-13-23-21(16)24-14-11-17(12-15-24)5-2-6-20(25)18-7-9-19(22)10-8-18/h3-5,7-10,13H,11-12,14-15H2,1H3. The van der Waals surface area contributed by atoms with Gasteiger partial charge in [0.1, 0.15) is 11.6 Å². The van der Waals surface area contributed by atoms with Crippen LogP contribution in [0.15, 0.2) is 54.2 Å². The number of carbonyl (C=O) groups excluding carboxylic acids is 1. The number of carbonyl (C=O) groups is 1. The minimum absolute atomic E-state index is 0.293. The van der Waals surface area contributed by atoms with Gasteiger partial charge in [-0.15, -0.1) is 0 Å². The third kappa shape index (κ3) is 4.33. The van der Waals surface area contributed by atoms with Crippen molar-refractivity contribution in [1.29, 1.82) is 0 Å². The maximum Gasteiger partial charge on any atom is 0.236 e. The smallest absolute Gasteiger partial charge is 0.236 e. The van der Waals surface area contributed by atoms with Gasteiger partial charge in [0.15, 0.2) is 0 Å². The zero-order valence-electron chi connectivity index (χ0n) is 14.1. The number of piperidine rings is 1. The van der Waals surface area contributed by atoms with Gasteiger partial charge in [-0.2, -0.15) is 0 Å². The van der Waals surface area contributed by atoms with Crippen LogP contribution in [-0.2, 0) is 0 Å². The van der Waals surface area contributed by atoms with Gasteiger partial charge in [-0.1, -0.05) is 17.6 Å². The van der Waals surface area contributed by atoms with E-state index in [1.807, 2.05) is 18.3 Å². The van der Waals surface area contributed by atoms with Gasteiger partial charge < -0.3 is 4.90 Å². The molecule has 0 radical (unpaired) electrons. The van der Waals surface area contributed by atoms with Crippen molar-refractivity contribution in [1.82, 2.24) is 4.98 Å². The lowest BCUT2D eigenvalue weighted by Gasteiger charge is -2.30. The number of hydrogen-bond acceptors (Lipinski definition) is 3. The van der Waals surface area contributed by atoms with E-state index in [1.165, 1.54) is 35.4 Å². The van der Waals surface area contributed by atoms with E-state index in [0.717, 1.165) is 31.7 Å². The second kappa shape index (κ2) is 7.76. The van der Waals surface area contributed by atoms with E-state index in [9.17, 15) is 9.18 Å². The van der Waals surface area contributed by atoms with E-state index in [-0.39, 0.29) is 11.6 Å². The van der Waals surface area contributed by atoms with Gasteiger partial charge in [0, 0.05) is 24.8 Å².